The molecule has 4 nitrogen and oxygen atoms in total. The Bertz CT molecular complexity index is 569. The van der Waals surface area contributed by atoms with Crippen LogP contribution < -0.4 is 5.73 Å². The maximum absolute atomic E-state index is 6.26. The molecule has 100 valence electrons. The molecule has 1 aliphatic heterocycles. The van der Waals surface area contributed by atoms with Crippen LogP contribution in [-0.2, 0) is 4.74 Å². The molecule has 0 bridgehead atoms. The standard InChI is InChI=1S/C15H19N3O/c1-10-3-5-12(6-4-10)13-7-17-14(18-13)11(2)15(16)8-19-9-15/h3-7,11H,8-9,16H2,1-2H3,(H,17,18). The van der Waals surface area contributed by atoms with Crippen molar-refractivity contribution >= 4 is 0 Å². The molecule has 0 amide bonds. The van der Waals surface area contributed by atoms with Crippen molar-refractivity contribution in [3.63, 3.8) is 0 Å². The molecular formula is C15H19N3O. The number of imidazole rings is 1. The van der Waals surface area contributed by atoms with Crippen molar-refractivity contribution in [1.82, 2.24) is 9.97 Å². The summed E-state index contributed by atoms with van der Waals surface area (Å²) in [5, 5.41) is 0. The topological polar surface area (TPSA) is 63.9 Å². The Labute approximate surface area is 113 Å². The lowest BCUT2D eigenvalue weighted by atomic mass is 9.84. The normalized spacial score (nSPS) is 18.9. The van der Waals surface area contributed by atoms with Crippen LogP contribution in [0.5, 0.6) is 0 Å². The smallest absolute Gasteiger partial charge is 0.111 e. The maximum Gasteiger partial charge on any atom is 0.111 e. The summed E-state index contributed by atoms with van der Waals surface area (Å²) in [6.45, 7) is 5.39. The Morgan fingerprint density at radius 1 is 1.32 bits per heavy atom. The van der Waals surface area contributed by atoms with Crippen molar-refractivity contribution in [1.29, 1.82) is 0 Å². The Kier molecular flexibility index (Phi) is 2.92. The second kappa shape index (κ2) is 4.47. The Hall–Kier alpha value is -1.65. The molecule has 1 aliphatic rings. The van der Waals surface area contributed by atoms with Gasteiger partial charge in [-0.1, -0.05) is 36.8 Å². The predicted octanol–water partition coefficient (Wildman–Crippen LogP) is 2.22. The van der Waals surface area contributed by atoms with Crippen molar-refractivity contribution in [3.05, 3.63) is 41.9 Å². The fourth-order valence-corrected chi connectivity index (χ4v) is 2.30. The SMILES string of the molecule is Cc1ccc(-c2cnc(C(C)C3(N)COC3)[nH]2)cc1. The molecule has 0 saturated carbocycles. The molecule has 1 aromatic heterocycles. The van der Waals surface area contributed by atoms with Crippen molar-refractivity contribution in [2.24, 2.45) is 5.73 Å². The van der Waals surface area contributed by atoms with Crippen LogP contribution in [0.15, 0.2) is 30.5 Å². The van der Waals surface area contributed by atoms with Gasteiger partial charge in [0.1, 0.15) is 5.82 Å². The average molecular weight is 257 g/mol. The molecule has 0 radical (unpaired) electrons. The predicted molar refractivity (Wildman–Crippen MR) is 74.9 cm³/mol. The van der Waals surface area contributed by atoms with Gasteiger partial charge in [0.2, 0.25) is 0 Å². The van der Waals surface area contributed by atoms with Crippen LogP contribution in [-0.4, -0.2) is 28.7 Å². The van der Waals surface area contributed by atoms with Crippen LogP contribution in [0.1, 0.15) is 24.2 Å². The number of H-pyrrole nitrogens is 1. The number of aromatic nitrogens is 2. The summed E-state index contributed by atoms with van der Waals surface area (Å²) in [4.78, 5) is 7.85. The highest BCUT2D eigenvalue weighted by Crippen LogP contribution is 2.31. The van der Waals surface area contributed by atoms with Crippen molar-refractivity contribution in [2.75, 3.05) is 13.2 Å². The van der Waals surface area contributed by atoms with Gasteiger partial charge in [-0.2, -0.15) is 0 Å². The number of rotatable bonds is 3. The maximum atomic E-state index is 6.26. The summed E-state index contributed by atoms with van der Waals surface area (Å²) < 4.78 is 5.22. The van der Waals surface area contributed by atoms with Gasteiger partial charge in [-0.25, -0.2) is 4.98 Å². The number of hydrogen-bond acceptors (Lipinski definition) is 3. The lowest BCUT2D eigenvalue weighted by Gasteiger charge is -2.41. The molecule has 2 heterocycles. The molecule has 1 aromatic carbocycles. The first-order valence-electron chi connectivity index (χ1n) is 6.57. The first kappa shape index (κ1) is 12.4. The van der Waals surface area contributed by atoms with Gasteiger partial charge >= 0.3 is 0 Å². The molecule has 1 atom stereocenters. The summed E-state index contributed by atoms with van der Waals surface area (Å²) in [7, 11) is 0. The minimum Gasteiger partial charge on any atom is -0.377 e. The number of ether oxygens (including phenoxy) is 1. The van der Waals surface area contributed by atoms with Crippen molar-refractivity contribution < 1.29 is 4.74 Å². The van der Waals surface area contributed by atoms with Gasteiger partial charge in [-0.05, 0) is 12.5 Å². The van der Waals surface area contributed by atoms with Gasteiger partial charge in [-0.15, -0.1) is 0 Å². The van der Waals surface area contributed by atoms with Crippen LogP contribution >= 0.6 is 0 Å². The zero-order valence-electron chi connectivity index (χ0n) is 11.3. The largest absolute Gasteiger partial charge is 0.377 e. The van der Waals surface area contributed by atoms with E-state index >= 15 is 0 Å². The molecule has 0 aliphatic carbocycles. The van der Waals surface area contributed by atoms with Gasteiger partial charge < -0.3 is 15.5 Å². The fourth-order valence-electron chi connectivity index (χ4n) is 2.30. The van der Waals surface area contributed by atoms with E-state index < -0.39 is 0 Å². The molecule has 2 aromatic rings. The second-order valence-electron chi connectivity index (χ2n) is 5.50. The van der Waals surface area contributed by atoms with E-state index in [2.05, 4.69) is 48.1 Å². The number of nitrogens with one attached hydrogen (secondary N) is 1. The van der Waals surface area contributed by atoms with E-state index in [1.165, 1.54) is 5.56 Å². The van der Waals surface area contributed by atoms with Crippen LogP contribution in [0, 0.1) is 6.92 Å². The average Bonchev–Trinajstić information content (AvgIpc) is 2.85. The third-order valence-electron chi connectivity index (χ3n) is 3.97. The summed E-state index contributed by atoms with van der Waals surface area (Å²) in [5.41, 5.74) is 9.42. The number of aryl methyl sites for hydroxylation is 1. The van der Waals surface area contributed by atoms with E-state index in [1.807, 2.05) is 6.20 Å². The van der Waals surface area contributed by atoms with E-state index in [0.29, 0.717) is 13.2 Å². The summed E-state index contributed by atoms with van der Waals surface area (Å²) in [6, 6.07) is 8.40. The molecule has 0 spiro atoms. The molecule has 4 heteroatoms. The summed E-state index contributed by atoms with van der Waals surface area (Å²) in [5.74, 6) is 1.10. The molecule has 1 unspecified atom stereocenters. The Morgan fingerprint density at radius 3 is 2.58 bits per heavy atom. The molecule has 1 fully saturated rings. The molecule has 3 N–H and O–H groups in total. The lowest BCUT2D eigenvalue weighted by Crippen LogP contribution is -2.60. The first-order chi connectivity index (χ1) is 9.08. The van der Waals surface area contributed by atoms with Crippen LogP contribution in [0.2, 0.25) is 0 Å². The number of nitrogens with two attached hydrogens (primary N) is 1. The molecule has 3 rings (SSSR count). The first-order valence-corrected chi connectivity index (χ1v) is 6.57. The van der Waals surface area contributed by atoms with E-state index in [0.717, 1.165) is 17.1 Å². The minimum absolute atomic E-state index is 0.167. The minimum atomic E-state index is -0.275. The van der Waals surface area contributed by atoms with E-state index in [1.54, 1.807) is 0 Å². The number of benzene rings is 1. The Balaban J connectivity index is 1.85. The van der Waals surface area contributed by atoms with Crippen LogP contribution in [0.25, 0.3) is 11.3 Å². The van der Waals surface area contributed by atoms with Crippen LogP contribution in [0.3, 0.4) is 0 Å². The summed E-state index contributed by atoms with van der Waals surface area (Å²) >= 11 is 0. The number of nitrogens with zero attached hydrogens (tertiary/aromatic N) is 1. The van der Waals surface area contributed by atoms with E-state index in [4.69, 9.17) is 10.5 Å². The van der Waals surface area contributed by atoms with E-state index in [9.17, 15) is 0 Å². The zero-order chi connectivity index (χ0) is 13.5. The molecule has 1 saturated heterocycles. The number of hydrogen-bond donors (Lipinski definition) is 2. The number of aromatic amines is 1. The Morgan fingerprint density at radius 2 is 2.00 bits per heavy atom. The van der Waals surface area contributed by atoms with Gasteiger partial charge in [-0.3, -0.25) is 0 Å². The lowest BCUT2D eigenvalue weighted by molar-refractivity contribution is -0.0655. The van der Waals surface area contributed by atoms with Crippen molar-refractivity contribution in [2.45, 2.75) is 25.3 Å². The van der Waals surface area contributed by atoms with Gasteiger partial charge in [0, 0.05) is 5.92 Å². The highest BCUT2D eigenvalue weighted by atomic mass is 16.5. The van der Waals surface area contributed by atoms with Crippen molar-refractivity contribution in [3.8, 4) is 11.3 Å². The van der Waals surface area contributed by atoms with Gasteiger partial charge in [0.25, 0.3) is 0 Å². The highest BCUT2D eigenvalue weighted by molar-refractivity contribution is 5.58. The monoisotopic (exact) mass is 257 g/mol. The van der Waals surface area contributed by atoms with Gasteiger partial charge in [0.15, 0.2) is 0 Å². The third kappa shape index (κ3) is 2.17. The second-order valence-corrected chi connectivity index (χ2v) is 5.50. The fraction of sp³-hybridized carbons (Fsp3) is 0.400. The summed E-state index contributed by atoms with van der Waals surface area (Å²) in [6.07, 6.45) is 1.87. The quantitative estimate of drug-likeness (QED) is 0.886. The van der Waals surface area contributed by atoms with Gasteiger partial charge in [0.05, 0.1) is 30.6 Å². The zero-order valence-corrected chi connectivity index (χ0v) is 11.3. The van der Waals surface area contributed by atoms with E-state index in [-0.39, 0.29) is 11.5 Å². The molecular weight excluding hydrogens is 238 g/mol. The molecule has 19 heavy (non-hydrogen) atoms. The van der Waals surface area contributed by atoms with Crippen LogP contribution in [0.4, 0.5) is 0 Å². The highest BCUT2D eigenvalue weighted by Gasteiger charge is 2.41. The third-order valence-corrected chi connectivity index (χ3v) is 3.97.